The number of hydrogen-bond acceptors (Lipinski definition) is 3. The van der Waals surface area contributed by atoms with Gasteiger partial charge < -0.3 is 5.32 Å². The highest BCUT2D eigenvalue weighted by molar-refractivity contribution is 7.89. The van der Waals surface area contributed by atoms with Crippen molar-refractivity contribution in [2.45, 2.75) is 45.6 Å². The Kier molecular flexibility index (Phi) is 4.76. The average Bonchev–Trinajstić information content (AvgIpc) is 2.17. The third kappa shape index (κ3) is 4.80. The zero-order chi connectivity index (χ0) is 12.2. The van der Waals surface area contributed by atoms with Gasteiger partial charge in [0.15, 0.2) is 0 Å². The van der Waals surface area contributed by atoms with Crippen molar-refractivity contribution < 1.29 is 8.42 Å². The topological polar surface area (TPSA) is 58.2 Å². The normalized spacial score (nSPS) is 19.9. The molecule has 4 nitrogen and oxygen atoms in total. The van der Waals surface area contributed by atoms with Gasteiger partial charge >= 0.3 is 0 Å². The van der Waals surface area contributed by atoms with E-state index >= 15 is 0 Å². The van der Waals surface area contributed by atoms with Gasteiger partial charge in [0.05, 0.1) is 5.75 Å². The van der Waals surface area contributed by atoms with Crippen molar-refractivity contribution in [2.75, 3.05) is 18.8 Å². The van der Waals surface area contributed by atoms with E-state index in [0.29, 0.717) is 5.92 Å². The summed E-state index contributed by atoms with van der Waals surface area (Å²) in [5.41, 5.74) is -0.328. The fraction of sp³-hybridized carbons (Fsp3) is 1.00. The summed E-state index contributed by atoms with van der Waals surface area (Å²) in [6, 6.07) is 0. The summed E-state index contributed by atoms with van der Waals surface area (Å²) in [7, 11) is -3.13. The fourth-order valence-corrected chi connectivity index (χ4v) is 3.92. The lowest BCUT2D eigenvalue weighted by Gasteiger charge is -2.27. The van der Waals surface area contributed by atoms with Crippen molar-refractivity contribution in [3.8, 4) is 0 Å². The third-order valence-corrected chi connectivity index (χ3v) is 5.00. The van der Waals surface area contributed by atoms with E-state index in [2.05, 4.69) is 10.0 Å². The summed E-state index contributed by atoms with van der Waals surface area (Å²) < 4.78 is 26.7. The number of nitrogens with one attached hydrogen (secondary N) is 2. The van der Waals surface area contributed by atoms with Crippen LogP contribution in [0.15, 0.2) is 0 Å². The van der Waals surface area contributed by atoms with Crippen LogP contribution in [0.4, 0.5) is 0 Å². The van der Waals surface area contributed by atoms with Gasteiger partial charge in [0, 0.05) is 5.54 Å². The van der Waals surface area contributed by atoms with Crippen LogP contribution in [0.3, 0.4) is 0 Å². The molecular weight excluding hydrogens is 224 g/mol. The molecular formula is C11H24N2O2S. The molecule has 0 aromatic heterocycles. The van der Waals surface area contributed by atoms with Gasteiger partial charge in [-0.15, -0.1) is 0 Å². The monoisotopic (exact) mass is 248 g/mol. The summed E-state index contributed by atoms with van der Waals surface area (Å²) in [6.07, 6.45) is 2.74. The van der Waals surface area contributed by atoms with E-state index in [4.69, 9.17) is 0 Å². The summed E-state index contributed by atoms with van der Waals surface area (Å²) in [5, 5.41) is 3.24. The largest absolute Gasteiger partial charge is 0.317 e. The second kappa shape index (κ2) is 5.47. The summed E-state index contributed by atoms with van der Waals surface area (Å²) in [4.78, 5) is 0. The zero-order valence-corrected chi connectivity index (χ0v) is 11.4. The van der Waals surface area contributed by atoms with Crippen molar-refractivity contribution >= 4 is 10.0 Å². The molecule has 16 heavy (non-hydrogen) atoms. The Morgan fingerprint density at radius 3 is 2.38 bits per heavy atom. The zero-order valence-electron chi connectivity index (χ0n) is 10.5. The smallest absolute Gasteiger partial charge is 0.212 e. The van der Waals surface area contributed by atoms with Crippen molar-refractivity contribution in [3.05, 3.63) is 0 Å². The van der Waals surface area contributed by atoms with E-state index < -0.39 is 10.0 Å². The van der Waals surface area contributed by atoms with Crippen LogP contribution in [-0.2, 0) is 10.0 Å². The van der Waals surface area contributed by atoms with Crippen molar-refractivity contribution in [2.24, 2.45) is 5.92 Å². The molecule has 1 rings (SSSR count). The van der Waals surface area contributed by atoms with Gasteiger partial charge in [0.25, 0.3) is 0 Å². The molecule has 0 unspecified atom stereocenters. The van der Waals surface area contributed by atoms with Gasteiger partial charge in [-0.3, -0.25) is 0 Å². The van der Waals surface area contributed by atoms with Crippen LogP contribution >= 0.6 is 0 Å². The van der Waals surface area contributed by atoms with Crippen LogP contribution in [0, 0.1) is 5.92 Å². The third-order valence-electron chi connectivity index (χ3n) is 3.23. The standard InChI is InChI=1S/C11H24N2O2S/c1-4-11(2,3)13-16(14,15)9-10-5-7-12-8-6-10/h10,12-13H,4-9H2,1-3H3. The van der Waals surface area contributed by atoms with E-state index in [9.17, 15) is 8.42 Å². The van der Waals surface area contributed by atoms with Crippen molar-refractivity contribution in [1.29, 1.82) is 0 Å². The van der Waals surface area contributed by atoms with E-state index in [1.807, 2.05) is 20.8 Å². The van der Waals surface area contributed by atoms with Gasteiger partial charge in [-0.2, -0.15) is 0 Å². The molecule has 1 aliphatic heterocycles. The molecule has 1 heterocycles. The van der Waals surface area contributed by atoms with E-state index in [1.165, 1.54) is 0 Å². The average molecular weight is 248 g/mol. The highest BCUT2D eigenvalue weighted by atomic mass is 32.2. The minimum absolute atomic E-state index is 0.276. The Balaban J connectivity index is 2.50. The van der Waals surface area contributed by atoms with Crippen LogP contribution in [0.2, 0.25) is 0 Å². The van der Waals surface area contributed by atoms with Crippen molar-refractivity contribution in [1.82, 2.24) is 10.0 Å². The first-order valence-corrected chi connectivity index (χ1v) is 7.72. The first kappa shape index (κ1) is 13.9. The number of piperidine rings is 1. The van der Waals surface area contributed by atoms with Gasteiger partial charge in [-0.1, -0.05) is 6.92 Å². The summed E-state index contributed by atoms with van der Waals surface area (Å²) >= 11 is 0. The van der Waals surface area contributed by atoms with Crippen LogP contribution in [0.1, 0.15) is 40.0 Å². The highest BCUT2D eigenvalue weighted by Gasteiger charge is 2.26. The quantitative estimate of drug-likeness (QED) is 0.766. The van der Waals surface area contributed by atoms with Crippen LogP contribution in [0.5, 0.6) is 0 Å². The molecule has 0 aliphatic carbocycles. The summed E-state index contributed by atoms with van der Waals surface area (Å²) in [5.74, 6) is 0.587. The Bertz CT molecular complexity index is 306. The van der Waals surface area contributed by atoms with Gasteiger partial charge in [0.2, 0.25) is 10.0 Å². The van der Waals surface area contributed by atoms with Crippen LogP contribution in [0.25, 0.3) is 0 Å². The number of hydrogen-bond donors (Lipinski definition) is 2. The molecule has 0 radical (unpaired) electrons. The molecule has 5 heteroatoms. The lowest BCUT2D eigenvalue weighted by molar-refractivity contribution is 0.392. The van der Waals surface area contributed by atoms with Gasteiger partial charge in [-0.25, -0.2) is 13.1 Å². The molecule has 0 bridgehead atoms. The molecule has 0 spiro atoms. The van der Waals surface area contributed by atoms with E-state index in [1.54, 1.807) is 0 Å². The lowest BCUT2D eigenvalue weighted by Crippen LogP contribution is -2.45. The fourth-order valence-electron chi connectivity index (χ4n) is 1.89. The maximum absolute atomic E-state index is 11.9. The molecule has 1 aliphatic rings. The highest BCUT2D eigenvalue weighted by Crippen LogP contribution is 2.16. The predicted octanol–water partition coefficient (Wildman–Crippen LogP) is 1.09. The molecule has 1 fully saturated rings. The second-order valence-electron chi connectivity index (χ2n) is 5.31. The van der Waals surface area contributed by atoms with Crippen LogP contribution < -0.4 is 10.0 Å². The Labute approximate surface area is 99.2 Å². The van der Waals surface area contributed by atoms with Gasteiger partial charge in [-0.05, 0) is 52.1 Å². The number of rotatable bonds is 5. The molecule has 0 amide bonds. The van der Waals surface area contributed by atoms with Gasteiger partial charge in [0.1, 0.15) is 0 Å². The summed E-state index contributed by atoms with van der Waals surface area (Å²) in [6.45, 7) is 7.72. The molecule has 2 N–H and O–H groups in total. The molecule has 1 saturated heterocycles. The Morgan fingerprint density at radius 2 is 1.88 bits per heavy atom. The molecule has 0 saturated carbocycles. The number of sulfonamides is 1. The maximum Gasteiger partial charge on any atom is 0.212 e. The Hall–Kier alpha value is -0.130. The molecule has 0 atom stereocenters. The first-order valence-electron chi connectivity index (χ1n) is 6.07. The predicted molar refractivity (Wildman–Crippen MR) is 66.9 cm³/mol. The SMILES string of the molecule is CCC(C)(C)NS(=O)(=O)CC1CCNCC1. The maximum atomic E-state index is 11.9. The molecule has 0 aromatic rings. The van der Waals surface area contributed by atoms with Crippen LogP contribution in [-0.4, -0.2) is 32.8 Å². The molecule has 0 aromatic carbocycles. The first-order chi connectivity index (χ1) is 7.35. The second-order valence-corrected chi connectivity index (χ2v) is 7.08. The molecule has 96 valence electrons. The minimum atomic E-state index is -3.13. The lowest BCUT2D eigenvalue weighted by atomic mass is 10.0. The Morgan fingerprint density at radius 1 is 1.31 bits per heavy atom. The van der Waals surface area contributed by atoms with E-state index in [0.717, 1.165) is 32.4 Å². The van der Waals surface area contributed by atoms with Crippen molar-refractivity contribution in [3.63, 3.8) is 0 Å². The minimum Gasteiger partial charge on any atom is -0.317 e. The van der Waals surface area contributed by atoms with E-state index in [-0.39, 0.29) is 11.3 Å².